The van der Waals surface area contributed by atoms with Gasteiger partial charge in [0, 0.05) is 12.1 Å². The van der Waals surface area contributed by atoms with Gasteiger partial charge in [-0.1, -0.05) is 59.7 Å². The molecule has 0 radical (unpaired) electrons. The monoisotopic (exact) mass is 412 g/mol. The van der Waals surface area contributed by atoms with Gasteiger partial charge in [0.05, 0.1) is 21.7 Å². The summed E-state index contributed by atoms with van der Waals surface area (Å²) < 4.78 is 7.06. The number of thioether (sulfide) groups is 1. The number of halogens is 1. The zero-order valence-corrected chi connectivity index (χ0v) is 16.7. The van der Waals surface area contributed by atoms with Crippen LogP contribution in [-0.2, 0) is 12.3 Å². The van der Waals surface area contributed by atoms with Gasteiger partial charge in [-0.25, -0.2) is 4.98 Å². The number of benzene rings is 2. The zero-order valence-electron chi connectivity index (χ0n) is 15.1. The van der Waals surface area contributed by atoms with Crippen molar-refractivity contribution >= 4 is 34.3 Å². The van der Waals surface area contributed by atoms with Crippen LogP contribution < -0.4 is 5.56 Å². The predicted molar refractivity (Wildman–Crippen MR) is 111 cm³/mol. The van der Waals surface area contributed by atoms with Gasteiger partial charge in [-0.15, -0.1) is 0 Å². The average Bonchev–Trinajstić information content (AvgIpc) is 3.18. The van der Waals surface area contributed by atoms with Gasteiger partial charge >= 0.3 is 0 Å². The summed E-state index contributed by atoms with van der Waals surface area (Å²) in [4.78, 5) is 21.9. The molecule has 2 aromatic carbocycles. The number of aromatic nitrogens is 4. The molecule has 28 heavy (non-hydrogen) atoms. The molecule has 0 saturated carbocycles. The lowest BCUT2D eigenvalue weighted by Gasteiger charge is -2.11. The van der Waals surface area contributed by atoms with Crippen LogP contribution in [0.25, 0.3) is 22.3 Å². The lowest BCUT2D eigenvalue weighted by atomic mass is 10.2. The minimum Gasteiger partial charge on any atom is -0.338 e. The van der Waals surface area contributed by atoms with E-state index in [0.29, 0.717) is 45.1 Å². The molecule has 0 aliphatic rings. The SMILES string of the molecule is CCCn1c(SCc2nc(-c3ccccc3Cl)no2)nc2ccccc2c1=O. The van der Waals surface area contributed by atoms with Crippen LogP contribution in [0.3, 0.4) is 0 Å². The molecular formula is C20H17ClN4O2S. The Kier molecular flexibility index (Phi) is 5.45. The van der Waals surface area contributed by atoms with Crippen molar-refractivity contribution in [2.45, 2.75) is 30.8 Å². The minimum absolute atomic E-state index is 0.0303. The van der Waals surface area contributed by atoms with Crippen LogP contribution in [0.1, 0.15) is 19.2 Å². The first-order chi connectivity index (χ1) is 13.7. The highest BCUT2D eigenvalue weighted by Gasteiger charge is 2.15. The third kappa shape index (κ3) is 3.68. The molecule has 0 N–H and O–H groups in total. The maximum atomic E-state index is 12.8. The molecule has 142 valence electrons. The third-order valence-electron chi connectivity index (χ3n) is 4.18. The van der Waals surface area contributed by atoms with E-state index in [2.05, 4.69) is 15.1 Å². The van der Waals surface area contributed by atoms with E-state index in [1.54, 1.807) is 16.7 Å². The first-order valence-corrected chi connectivity index (χ1v) is 10.2. The molecule has 8 heteroatoms. The zero-order chi connectivity index (χ0) is 19.5. The number of para-hydroxylation sites is 1. The molecule has 0 amide bonds. The Labute approximate surface area is 170 Å². The van der Waals surface area contributed by atoms with Crippen molar-refractivity contribution < 1.29 is 4.52 Å². The number of hydrogen-bond donors (Lipinski definition) is 0. The first kappa shape index (κ1) is 18.7. The van der Waals surface area contributed by atoms with Gasteiger partial charge in [-0.05, 0) is 30.7 Å². The molecule has 2 heterocycles. The van der Waals surface area contributed by atoms with Crippen LogP contribution >= 0.6 is 23.4 Å². The van der Waals surface area contributed by atoms with Gasteiger partial charge in [0.1, 0.15) is 0 Å². The normalized spacial score (nSPS) is 11.2. The molecule has 0 aliphatic heterocycles. The van der Waals surface area contributed by atoms with Crippen LogP contribution in [0, 0.1) is 0 Å². The van der Waals surface area contributed by atoms with Crippen molar-refractivity contribution in [3.63, 3.8) is 0 Å². The quantitative estimate of drug-likeness (QED) is 0.334. The summed E-state index contributed by atoms with van der Waals surface area (Å²) in [6, 6.07) is 14.7. The number of hydrogen-bond acceptors (Lipinski definition) is 6. The second-order valence-electron chi connectivity index (χ2n) is 6.15. The van der Waals surface area contributed by atoms with Gasteiger partial charge in [0.15, 0.2) is 5.16 Å². The van der Waals surface area contributed by atoms with Crippen molar-refractivity contribution in [3.05, 3.63) is 69.8 Å². The largest absolute Gasteiger partial charge is 0.338 e. The van der Waals surface area contributed by atoms with Crippen molar-refractivity contribution in [1.82, 2.24) is 19.7 Å². The van der Waals surface area contributed by atoms with Crippen LogP contribution in [0.5, 0.6) is 0 Å². The topological polar surface area (TPSA) is 73.8 Å². The molecule has 4 rings (SSSR count). The third-order valence-corrected chi connectivity index (χ3v) is 5.47. The molecule has 0 spiro atoms. The molecule has 0 saturated heterocycles. The Balaban J connectivity index is 1.62. The summed E-state index contributed by atoms with van der Waals surface area (Å²) in [6.07, 6.45) is 0.838. The number of nitrogens with zero attached hydrogens (tertiary/aromatic N) is 4. The molecule has 0 bridgehead atoms. The Bertz CT molecular complexity index is 1190. The van der Waals surface area contributed by atoms with Gasteiger partial charge in [0.2, 0.25) is 11.7 Å². The molecule has 0 aliphatic carbocycles. The maximum absolute atomic E-state index is 12.8. The molecule has 2 aromatic heterocycles. The van der Waals surface area contributed by atoms with E-state index in [0.717, 1.165) is 12.0 Å². The average molecular weight is 413 g/mol. The van der Waals surface area contributed by atoms with Gasteiger partial charge in [-0.3, -0.25) is 9.36 Å². The molecule has 0 unspecified atom stereocenters. The van der Waals surface area contributed by atoms with E-state index in [1.807, 2.05) is 43.3 Å². The van der Waals surface area contributed by atoms with Crippen molar-refractivity contribution in [1.29, 1.82) is 0 Å². The van der Waals surface area contributed by atoms with E-state index in [-0.39, 0.29) is 5.56 Å². The standard InChI is InChI=1S/C20H17ClN4O2S/c1-2-11-25-19(26)14-8-4-6-10-16(14)22-20(25)28-12-17-23-18(24-27-17)13-7-3-5-9-15(13)21/h3-10H,2,11-12H2,1H3. The van der Waals surface area contributed by atoms with E-state index in [4.69, 9.17) is 16.1 Å². The van der Waals surface area contributed by atoms with Crippen LogP contribution in [0.4, 0.5) is 0 Å². The van der Waals surface area contributed by atoms with E-state index >= 15 is 0 Å². The van der Waals surface area contributed by atoms with E-state index < -0.39 is 0 Å². The molecule has 0 fully saturated rings. The Hall–Kier alpha value is -2.64. The Morgan fingerprint density at radius 2 is 1.89 bits per heavy atom. The van der Waals surface area contributed by atoms with E-state index in [9.17, 15) is 4.79 Å². The van der Waals surface area contributed by atoms with Crippen LogP contribution in [0.2, 0.25) is 5.02 Å². The fourth-order valence-electron chi connectivity index (χ4n) is 2.87. The smallest absolute Gasteiger partial charge is 0.262 e. The predicted octanol–water partition coefficient (Wildman–Crippen LogP) is 4.80. The lowest BCUT2D eigenvalue weighted by Crippen LogP contribution is -2.23. The fourth-order valence-corrected chi connectivity index (χ4v) is 3.95. The molecular weight excluding hydrogens is 396 g/mol. The minimum atomic E-state index is -0.0303. The lowest BCUT2D eigenvalue weighted by molar-refractivity contribution is 0.391. The van der Waals surface area contributed by atoms with Crippen molar-refractivity contribution in [2.75, 3.05) is 0 Å². The fraction of sp³-hybridized carbons (Fsp3) is 0.200. The molecule has 0 atom stereocenters. The van der Waals surface area contributed by atoms with Crippen molar-refractivity contribution in [2.24, 2.45) is 0 Å². The second kappa shape index (κ2) is 8.16. The Morgan fingerprint density at radius 3 is 2.71 bits per heavy atom. The maximum Gasteiger partial charge on any atom is 0.262 e. The van der Waals surface area contributed by atoms with E-state index in [1.165, 1.54) is 11.8 Å². The molecule has 6 nitrogen and oxygen atoms in total. The van der Waals surface area contributed by atoms with Gasteiger partial charge in [0.25, 0.3) is 5.56 Å². The first-order valence-electron chi connectivity index (χ1n) is 8.87. The summed E-state index contributed by atoms with van der Waals surface area (Å²) in [7, 11) is 0. The molecule has 4 aromatic rings. The van der Waals surface area contributed by atoms with Crippen LogP contribution in [0.15, 0.2) is 63.0 Å². The Morgan fingerprint density at radius 1 is 1.11 bits per heavy atom. The van der Waals surface area contributed by atoms with Gasteiger partial charge in [-0.2, -0.15) is 4.98 Å². The summed E-state index contributed by atoms with van der Waals surface area (Å²) in [5.41, 5.74) is 1.37. The summed E-state index contributed by atoms with van der Waals surface area (Å²) in [5, 5.41) is 5.84. The highest BCUT2D eigenvalue weighted by molar-refractivity contribution is 7.98. The number of rotatable bonds is 6. The second-order valence-corrected chi connectivity index (χ2v) is 7.50. The summed E-state index contributed by atoms with van der Waals surface area (Å²) in [6.45, 7) is 2.64. The van der Waals surface area contributed by atoms with Crippen LogP contribution in [-0.4, -0.2) is 19.7 Å². The van der Waals surface area contributed by atoms with Gasteiger partial charge < -0.3 is 4.52 Å². The highest BCUT2D eigenvalue weighted by atomic mass is 35.5. The van der Waals surface area contributed by atoms with Crippen molar-refractivity contribution in [3.8, 4) is 11.4 Å². The summed E-state index contributed by atoms with van der Waals surface area (Å²) >= 11 is 7.60. The number of fused-ring (bicyclic) bond motifs is 1. The summed E-state index contributed by atoms with van der Waals surface area (Å²) in [5.74, 6) is 1.30. The highest BCUT2D eigenvalue weighted by Crippen LogP contribution is 2.27.